The monoisotopic (exact) mass is 371 g/mol. The number of piperidine rings is 1. The van der Waals surface area contributed by atoms with Gasteiger partial charge in [0.1, 0.15) is 6.04 Å². The van der Waals surface area contributed by atoms with Crippen molar-refractivity contribution in [3.05, 3.63) is 66.0 Å². The fourth-order valence-electron chi connectivity index (χ4n) is 4.09. The summed E-state index contributed by atoms with van der Waals surface area (Å²) in [5, 5.41) is 4.49. The Kier molecular flexibility index (Phi) is 3.72. The van der Waals surface area contributed by atoms with Crippen LogP contribution in [0.3, 0.4) is 0 Å². The van der Waals surface area contributed by atoms with Crippen molar-refractivity contribution in [2.75, 3.05) is 0 Å². The van der Waals surface area contributed by atoms with Gasteiger partial charge < -0.3 is 4.90 Å². The Balaban J connectivity index is 1.51. The third kappa shape index (κ3) is 2.57. The van der Waals surface area contributed by atoms with Gasteiger partial charge >= 0.3 is 0 Å². The molecule has 28 heavy (non-hydrogen) atoms. The van der Waals surface area contributed by atoms with Gasteiger partial charge in [-0.3, -0.25) is 24.7 Å². The van der Waals surface area contributed by atoms with Crippen molar-refractivity contribution >= 4 is 28.5 Å². The second-order valence-electron chi connectivity index (χ2n) is 7.18. The molecule has 2 aliphatic heterocycles. The standard InChI is InChI=1S/C22H17N3O3/c26-20-8-7-19(21(27)24-20)25-12-15-9-13(5-6-17(15)22(25)28)18-11-23-10-14-3-1-2-4-16(14)18/h1-6,9-11,19H,7-8,12H2,(H,24,26,27). The fraction of sp³-hybridized carbons (Fsp3) is 0.182. The number of nitrogens with one attached hydrogen (secondary N) is 1. The van der Waals surface area contributed by atoms with Crippen molar-refractivity contribution < 1.29 is 14.4 Å². The molecule has 0 saturated carbocycles. The van der Waals surface area contributed by atoms with Crippen LogP contribution in [0.4, 0.5) is 0 Å². The number of rotatable bonds is 2. The van der Waals surface area contributed by atoms with Gasteiger partial charge in [0, 0.05) is 41.9 Å². The lowest BCUT2D eigenvalue weighted by atomic mass is 9.98. The molecular formula is C22H17N3O3. The molecule has 0 spiro atoms. The molecule has 1 atom stereocenters. The third-order valence-electron chi connectivity index (χ3n) is 5.50. The Hall–Kier alpha value is -3.54. The minimum absolute atomic E-state index is 0.160. The Morgan fingerprint density at radius 2 is 1.86 bits per heavy atom. The van der Waals surface area contributed by atoms with Gasteiger partial charge in [0.15, 0.2) is 0 Å². The average molecular weight is 371 g/mol. The molecule has 6 nitrogen and oxygen atoms in total. The van der Waals surface area contributed by atoms with Crippen LogP contribution in [0.25, 0.3) is 21.9 Å². The van der Waals surface area contributed by atoms with E-state index >= 15 is 0 Å². The highest BCUT2D eigenvalue weighted by Crippen LogP contribution is 2.33. The molecule has 0 bridgehead atoms. The number of benzene rings is 2. The topological polar surface area (TPSA) is 79.4 Å². The first kappa shape index (κ1) is 16.6. The molecule has 2 aromatic carbocycles. The molecular weight excluding hydrogens is 354 g/mol. The highest BCUT2D eigenvalue weighted by Gasteiger charge is 2.39. The SMILES string of the molecule is O=C1CCC(N2Cc3cc(-c4cncc5ccccc45)ccc3C2=O)C(=O)N1. The summed E-state index contributed by atoms with van der Waals surface area (Å²) in [4.78, 5) is 42.3. The summed E-state index contributed by atoms with van der Waals surface area (Å²) in [5.74, 6) is -0.834. The van der Waals surface area contributed by atoms with Crippen LogP contribution >= 0.6 is 0 Å². The summed E-state index contributed by atoms with van der Waals surface area (Å²) < 4.78 is 0. The lowest BCUT2D eigenvalue weighted by Gasteiger charge is -2.29. The van der Waals surface area contributed by atoms with Crippen LogP contribution in [0.15, 0.2) is 54.9 Å². The van der Waals surface area contributed by atoms with Crippen molar-refractivity contribution in [1.82, 2.24) is 15.2 Å². The zero-order chi connectivity index (χ0) is 19.3. The number of hydrogen-bond acceptors (Lipinski definition) is 4. The number of hydrogen-bond donors (Lipinski definition) is 1. The van der Waals surface area contributed by atoms with E-state index < -0.39 is 11.9 Å². The van der Waals surface area contributed by atoms with E-state index in [2.05, 4.69) is 16.4 Å². The molecule has 1 saturated heterocycles. The molecule has 1 fully saturated rings. The van der Waals surface area contributed by atoms with Crippen LogP contribution in [-0.2, 0) is 16.1 Å². The first-order valence-corrected chi connectivity index (χ1v) is 9.22. The van der Waals surface area contributed by atoms with E-state index in [1.807, 2.05) is 48.8 Å². The molecule has 2 aliphatic rings. The number of imide groups is 1. The van der Waals surface area contributed by atoms with Crippen molar-refractivity contribution in [3.8, 4) is 11.1 Å². The van der Waals surface area contributed by atoms with Crippen LogP contribution in [0.1, 0.15) is 28.8 Å². The maximum Gasteiger partial charge on any atom is 0.255 e. The maximum absolute atomic E-state index is 12.8. The average Bonchev–Trinajstić information content (AvgIpc) is 3.03. The molecule has 5 rings (SSSR count). The van der Waals surface area contributed by atoms with Gasteiger partial charge in [0.25, 0.3) is 5.91 Å². The molecule has 3 heterocycles. The number of pyridine rings is 1. The molecule has 3 aromatic rings. The van der Waals surface area contributed by atoms with Crippen molar-refractivity contribution in [2.45, 2.75) is 25.4 Å². The van der Waals surface area contributed by atoms with E-state index in [1.165, 1.54) is 0 Å². The molecule has 1 unspecified atom stereocenters. The number of carbonyl (C=O) groups is 3. The van der Waals surface area contributed by atoms with E-state index in [0.29, 0.717) is 18.5 Å². The minimum Gasteiger partial charge on any atom is -0.322 e. The van der Waals surface area contributed by atoms with Crippen molar-refractivity contribution in [2.24, 2.45) is 0 Å². The third-order valence-corrected chi connectivity index (χ3v) is 5.50. The number of aromatic nitrogens is 1. The van der Waals surface area contributed by atoms with E-state index in [0.717, 1.165) is 27.5 Å². The van der Waals surface area contributed by atoms with Crippen LogP contribution < -0.4 is 5.32 Å². The quantitative estimate of drug-likeness (QED) is 0.703. The zero-order valence-electron chi connectivity index (χ0n) is 15.0. The van der Waals surface area contributed by atoms with Gasteiger partial charge in [-0.15, -0.1) is 0 Å². The Labute approximate surface area is 161 Å². The van der Waals surface area contributed by atoms with Crippen LogP contribution in [0.2, 0.25) is 0 Å². The predicted molar refractivity (Wildman–Crippen MR) is 103 cm³/mol. The van der Waals surface area contributed by atoms with Crippen LogP contribution in [0.5, 0.6) is 0 Å². The zero-order valence-corrected chi connectivity index (χ0v) is 15.0. The molecule has 138 valence electrons. The molecule has 1 N–H and O–H groups in total. The number of amides is 3. The second kappa shape index (κ2) is 6.27. The summed E-state index contributed by atoms with van der Waals surface area (Å²) in [6.45, 7) is 0.368. The van der Waals surface area contributed by atoms with Gasteiger partial charge in [0.05, 0.1) is 0 Å². The highest BCUT2D eigenvalue weighted by atomic mass is 16.2. The Morgan fingerprint density at radius 1 is 1.00 bits per heavy atom. The molecule has 1 aromatic heterocycles. The largest absolute Gasteiger partial charge is 0.322 e. The molecule has 3 amide bonds. The maximum atomic E-state index is 12.8. The lowest BCUT2D eigenvalue weighted by molar-refractivity contribution is -0.136. The number of fused-ring (bicyclic) bond motifs is 2. The Bertz CT molecular complexity index is 1150. The summed E-state index contributed by atoms with van der Waals surface area (Å²) in [6.07, 6.45) is 4.28. The number of nitrogens with zero attached hydrogens (tertiary/aromatic N) is 2. The first-order chi connectivity index (χ1) is 13.6. The summed E-state index contributed by atoms with van der Waals surface area (Å²) in [7, 11) is 0. The smallest absolute Gasteiger partial charge is 0.255 e. The number of carbonyl (C=O) groups excluding carboxylic acids is 3. The molecule has 0 aliphatic carbocycles. The van der Waals surface area contributed by atoms with Gasteiger partial charge in [-0.25, -0.2) is 0 Å². The minimum atomic E-state index is -0.597. The molecule has 6 heteroatoms. The van der Waals surface area contributed by atoms with Gasteiger partial charge in [-0.05, 0) is 35.1 Å². The van der Waals surface area contributed by atoms with Gasteiger partial charge in [-0.1, -0.05) is 30.3 Å². The summed E-state index contributed by atoms with van der Waals surface area (Å²) in [5.41, 5.74) is 3.50. The lowest BCUT2D eigenvalue weighted by Crippen LogP contribution is -2.52. The van der Waals surface area contributed by atoms with Crippen molar-refractivity contribution in [3.63, 3.8) is 0 Å². The van der Waals surface area contributed by atoms with E-state index in [4.69, 9.17) is 0 Å². The summed E-state index contributed by atoms with van der Waals surface area (Å²) in [6, 6.07) is 13.2. The second-order valence-corrected chi connectivity index (χ2v) is 7.18. The van der Waals surface area contributed by atoms with Gasteiger partial charge in [0.2, 0.25) is 11.8 Å². The van der Waals surface area contributed by atoms with Gasteiger partial charge in [-0.2, -0.15) is 0 Å². The van der Waals surface area contributed by atoms with E-state index in [9.17, 15) is 14.4 Å². The van der Waals surface area contributed by atoms with Crippen LogP contribution in [-0.4, -0.2) is 33.6 Å². The molecule has 0 radical (unpaired) electrons. The normalized spacial score (nSPS) is 19.1. The fourth-order valence-corrected chi connectivity index (χ4v) is 4.09. The summed E-state index contributed by atoms with van der Waals surface area (Å²) >= 11 is 0. The first-order valence-electron chi connectivity index (χ1n) is 9.22. The highest BCUT2D eigenvalue weighted by molar-refractivity contribution is 6.06. The van der Waals surface area contributed by atoms with Crippen LogP contribution in [0, 0.1) is 0 Å². The van der Waals surface area contributed by atoms with E-state index in [-0.39, 0.29) is 18.2 Å². The van der Waals surface area contributed by atoms with Crippen molar-refractivity contribution in [1.29, 1.82) is 0 Å². The van der Waals surface area contributed by atoms with E-state index in [1.54, 1.807) is 4.90 Å². The Morgan fingerprint density at radius 3 is 2.71 bits per heavy atom. The predicted octanol–water partition coefficient (Wildman–Crippen LogP) is 2.66.